The number of piperidine rings is 1. The van der Waals surface area contributed by atoms with Crippen LogP contribution in [-0.2, 0) is 4.79 Å². The number of carbonyl (C=O) groups is 2. The SMILES string of the molecule is CCCCN1CCCCC1CNC(=O)c1cc(Cl)c(OCC(N)=O)c(OC)c1. The van der Waals surface area contributed by atoms with Crippen molar-refractivity contribution in [2.24, 2.45) is 5.73 Å². The molecule has 1 heterocycles. The second-order valence-corrected chi connectivity index (χ2v) is 7.40. The number of unbranched alkanes of at least 4 members (excludes halogenated alkanes) is 1. The molecule has 1 aromatic carbocycles. The van der Waals surface area contributed by atoms with E-state index in [0.29, 0.717) is 18.2 Å². The molecule has 0 aliphatic carbocycles. The quantitative estimate of drug-likeness (QED) is 0.617. The van der Waals surface area contributed by atoms with Crippen molar-refractivity contribution in [3.8, 4) is 11.5 Å². The number of primary amides is 1. The van der Waals surface area contributed by atoms with E-state index >= 15 is 0 Å². The lowest BCUT2D eigenvalue weighted by Crippen LogP contribution is -2.47. The Morgan fingerprint density at radius 3 is 2.82 bits per heavy atom. The molecule has 156 valence electrons. The molecule has 0 bridgehead atoms. The maximum atomic E-state index is 12.6. The van der Waals surface area contributed by atoms with Crippen LogP contribution in [0.5, 0.6) is 11.5 Å². The van der Waals surface area contributed by atoms with Crippen molar-refractivity contribution < 1.29 is 19.1 Å². The topological polar surface area (TPSA) is 93.9 Å². The lowest BCUT2D eigenvalue weighted by Gasteiger charge is -2.35. The number of nitrogens with two attached hydrogens (primary N) is 1. The highest BCUT2D eigenvalue weighted by atomic mass is 35.5. The van der Waals surface area contributed by atoms with E-state index in [9.17, 15) is 9.59 Å². The van der Waals surface area contributed by atoms with Gasteiger partial charge in [0.05, 0.1) is 12.1 Å². The van der Waals surface area contributed by atoms with Gasteiger partial charge in [0.2, 0.25) is 0 Å². The largest absolute Gasteiger partial charge is 0.493 e. The summed E-state index contributed by atoms with van der Waals surface area (Å²) in [6.45, 7) is 4.63. The third-order valence-electron chi connectivity index (χ3n) is 4.90. The zero-order valence-corrected chi connectivity index (χ0v) is 17.4. The van der Waals surface area contributed by atoms with Gasteiger partial charge >= 0.3 is 0 Å². The number of hydrogen-bond acceptors (Lipinski definition) is 5. The summed E-state index contributed by atoms with van der Waals surface area (Å²) >= 11 is 6.22. The molecule has 2 rings (SSSR count). The first kappa shape index (κ1) is 22.3. The van der Waals surface area contributed by atoms with Gasteiger partial charge in [0.25, 0.3) is 11.8 Å². The summed E-state index contributed by atoms with van der Waals surface area (Å²) in [6, 6.07) is 3.42. The van der Waals surface area contributed by atoms with Gasteiger partial charge < -0.3 is 20.5 Å². The highest BCUT2D eigenvalue weighted by Crippen LogP contribution is 2.36. The minimum atomic E-state index is -0.625. The molecule has 1 aliphatic rings. The van der Waals surface area contributed by atoms with E-state index in [1.54, 1.807) is 6.07 Å². The lowest BCUT2D eigenvalue weighted by atomic mass is 10.0. The summed E-state index contributed by atoms with van der Waals surface area (Å²) in [7, 11) is 1.44. The van der Waals surface area contributed by atoms with Gasteiger partial charge in [-0.25, -0.2) is 0 Å². The number of nitrogens with zero attached hydrogens (tertiary/aromatic N) is 1. The maximum absolute atomic E-state index is 12.6. The molecule has 1 saturated heterocycles. The molecule has 1 unspecified atom stereocenters. The molecule has 0 aromatic heterocycles. The predicted molar refractivity (Wildman–Crippen MR) is 109 cm³/mol. The normalized spacial score (nSPS) is 17.2. The summed E-state index contributed by atoms with van der Waals surface area (Å²) in [6.07, 6.45) is 5.83. The molecule has 1 aliphatic heterocycles. The fourth-order valence-corrected chi connectivity index (χ4v) is 3.66. The Hall–Kier alpha value is -1.99. The van der Waals surface area contributed by atoms with Crippen LogP contribution in [-0.4, -0.2) is 56.1 Å². The summed E-state index contributed by atoms with van der Waals surface area (Å²) < 4.78 is 10.5. The first-order valence-corrected chi connectivity index (χ1v) is 10.1. The molecule has 7 nitrogen and oxygen atoms in total. The number of hydrogen-bond donors (Lipinski definition) is 2. The number of carbonyl (C=O) groups excluding carboxylic acids is 2. The van der Waals surface area contributed by atoms with Crippen LogP contribution in [0.4, 0.5) is 0 Å². The van der Waals surface area contributed by atoms with Crippen molar-refractivity contribution in [2.75, 3.05) is 33.4 Å². The Labute approximate surface area is 171 Å². The molecule has 1 atom stereocenters. The number of ether oxygens (including phenoxy) is 2. The number of amides is 2. The van der Waals surface area contributed by atoms with Crippen molar-refractivity contribution in [3.05, 3.63) is 22.7 Å². The Bertz CT molecular complexity index is 684. The third-order valence-corrected chi connectivity index (χ3v) is 5.18. The number of methoxy groups -OCH3 is 1. The zero-order chi connectivity index (χ0) is 20.5. The second kappa shape index (κ2) is 11.1. The highest BCUT2D eigenvalue weighted by molar-refractivity contribution is 6.32. The van der Waals surface area contributed by atoms with Gasteiger partial charge in [-0.1, -0.05) is 31.4 Å². The van der Waals surface area contributed by atoms with Gasteiger partial charge in [0.1, 0.15) is 0 Å². The van der Waals surface area contributed by atoms with E-state index in [-0.39, 0.29) is 29.0 Å². The molecule has 0 saturated carbocycles. The number of benzene rings is 1. The molecule has 8 heteroatoms. The van der Waals surface area contributed by atoms with Crippen molar-refractivity contribution >= 4 is 23.4 Å². The Morgan fingerprint density at radius 2 is 2.14 bits per heavy atom. The van der Waals surface area contributed by atoms with Gasteiger partial charge in [0.15, 0.2) is 18.1 Å². The van der Waals surface area contributed by atoms with E-state index in [1.807, 2.05) is 0 Å². The van der Waals surface area contributed by atoms with Crippen LogP contribution in [0, 0.1) is 0 Å². The van der Waals surface area contributed by atoms with Gasteiger partial charge in [-0.3, -0.25) is 14.5 Å². The van der Waals surface area contributed by atoms with Crippen LogP contribution >= 0.6 is 11.6 Å². The molecule has 28 heavy (non-hydrogen) atoms. The summed E-state index contributed by atoms with van der Waals surface area (Å²) in [5, 5.41) is 3.20. The summed E-state index contributed by atoms with van der Waals surface area (Å²) in [5.41, 5.74) is 5.47. The Kier molecular flexibility index (Phi) is 8.86. The predicted octanol–water partition coefficient (Wildman–Crippen LogP) is 2.60. The molecule has 0 spiro atoms. The first-order chi connectivity index (χ1) is 13.5. The van der Waals surface area contributed by atoms with Gasteiger partial charge in [-0.15, -0.1) is 0 Å². The third kappa shape index (κ3) is 6.27. The molecule has 1 aromatic rings. The Balaban J connectivity index is 2.03. The smallest absolute Gasteiger partial charge is 0.255 e. The fourth-order valence-electron chi connectivity index (χ4n) is 3.39. The van der Waals surface area contributed by atoms with Crippen LogP contribution in [0.1, 0.15) is 49.4 Å². The van der Waals surface area contributed by atoms with Gasteiger partial charge in [-0.2, -0.15) is 0 Å². The highest BCUT2D eigenvalue weighted by Gasteiger charge is 2.23. The Morgan fingerprint density at radius 1 is 1.36 bits per heavy atom. The minimum Gasteiger partial charge on any atom is -0.493 e. The van der Waals surface area contributed by atoms with E-state index in [4.69, 9.17) is 26.8 Å². The van der Waals surface area contributed by atoms with Crippen LogP contribution in [0.3, 0.4) is 0 Å². The second-order valence-electron chi connectivity index (χ2n) is 6.99. The number of rotatable bonds is 10. The maximum Gasteiger partial charge on any atom is 0.255 e. The zero-order valence-electron chi connectivity index (χ0n) is 16.6. The van der Waals surface area contributed by atoms with Crippen LogP contribution < -0.4 is 20.5 Å². The molecule has 2 amide bonds. The first-order valence-electron chi connectivity index (χ1n) is 9.77. The van der Waals surface area contributed by atoms with Crippen molar-refractivity contribution in [2.45, 2.75) is 45.1 Å². The van der Waals surface area contributed by atoms with E-state index < -0.39 is 5.91 Å². The minimum absolute atomic E-state index is 0.188. The molecular formula is C20H30ClN3O4. The molecule has 1 fully saturated rings. The lowest BCUT2D eigenvalue weighted by molar-refractivity contribution is -0.119. The van der Waals surface area contributed by atoms with Crippen molar-refractivity contribution in [1.29, 1.82) is 0 Å². The average Bonchev–Trinajstić information content (AvgIpc) is 2.69. The monoisotopic (exact) mass is 411 g/mol. The van der Waals surface area contributed by atoms with Crippen LogP contribution in [0.2, 0.25) is 5.02 Å². The van der Waals surface area contributed by atoms with E-state index in [0.717, 1.165) is 25.9 Å². The number of halogens is 1. The summed E-state index contributed by atoms with van der Waals surface area (Å²) in [5.74, 6) is -0.374. The van der Waals surface area contributed by atoms with Gasteiger partial charge in [0, 0.05) is 18.2 Å². The van der Waals surface area contributed by atoms with Crippen LogP contribution in [0.25, 0.3) is 0 Å². The standard InChI is InChI=1S/C20H30ClN3O4/c1-3-4-8-24-9-6-5-7-15(24)12-23-20(26)14-10-16(21)19(17(11-14)27-2)28-13-18(22)25/h10-11,15H,3-9,12-13H2,1-2H3,(H2,22,25)(H,23,26). The molecular weight excluding hydrogens is 382 g/mol. The van der Waals surface area contributed by atoms with Crippen LogP contribution in [0.15, 0.2) is 12.1 Å². The number of nitrogens with one attached hydrogen (secondary N) is 1. The summed E-state index contributed by atoms with van der Waals surface area (Å²) in [4.78, 5) is 26.1. The molecule has 3 N–H and O–H groups in total. The van der Waals surface area contributed by atoms with Crippen molar-refractivity contribution in [1.82, 2.24) is 10.2 Å². The number of likely N-dealkylation sites (tertiary alicyclic amines) is 1. The van der Waals surface area contributed by atoms with Gasteiger partial charge in [-0.05, 0) is 44.5 Å². The molecule has 0 radical (unpaired) electrons. The van der Waals surface area contributed by atoms with E-state index in [2.05, 4.69) is 17.1 Å². The average molecular weight is 412 g/mol. The fraction of sp³-hybridized carbons (Fsp3) is 0.600. The van der Waals surface area contributed by atoms with E-state index in [1.165, 1.54) is 32.4 Å². The van der Waals surface area contributed by atoms with Crippen molar-refractivity contribution in [3.63, 3.8) is 0 Å².